The van der Waals surface area contributed by atoms with Gasteiger partial charge in [-0.3, -0.25) is 9.69 Å². The maximum absolute atomic E-state index is 12.5. The molecule has 0 fully saturated rings. The van der Waals surface area contributed by atoms with Crippen molar-refractivity contribution in [2.45, 2.75) is 24.4 Å². The highest BCUT2D eigenvalue weighted by molar-refractivity contribution is 7.89. The zero-order chi connectivity index (χ0) is 20.2. The van der Waals surface area contributed by atoms with E-state index < -0.39 is 10.0 Å². The second-order valence-electron chi connectivity index (χ2n) is 6.71. The summed E-state index contributed by atoms with van der Waals surface area (Å²) in [5, 5.41) is 7.86. The Morgan fingerprint density at radius 1 is 1.04 bits per heavy atom. The lowest BCUT2D eigenvalue weighted by atomic mass is 10.1. The third kappa shape index (κ3) is 5.78. The number of carbonyl (C=O) groups excluding carboxylic acids is 1. The molecule has 3 N–H and O–H groups in total. The van der Waals surface area contributed by atoms with Crippen LogP contribution < -0.4 is 15.4 Å². The average molecular weight is 391 g/mol. The fourth-order valence-electron chi connectivity index (χ4n) is 2.50. The summed E-state index contributed by atoms with van der Waals surface area (Å²) in [5.74, 6) is -0.175. The fourth-order valence-corrected chi connectivity index (χ4v) is 3.01. The Balaban J connectivity index is 1.97. The number of hydrogen-bond acceptors (Lipinski definition) is 5. The van der Waals surface area contributed by atoms with Crippen molar-refractivity contribution in [1.82, 2.24) is 4.90 Å². The van der Waals surface area contributed by atoms with Gasteiger partial charge in [-0.2, -0.15) is 0 Å². The van der Waals surface area contributed by atoms with Crippen LogP contribution in [0.2, 0.25) is 0 Å². The maximum atomic E-state index is 12.5. The Hall–Kier alpha value is -2.42. The number of benzene rings is 2. The van der Waals surface area contributed by atoms with Crippen LogP contribution in [0.5, 0.6) is 0 Å². The molecule has 0 aromatic heterocycles. The minimum Gasteiger partial charge on any atom is -0.378 e. The summed E-state index contributed by atoms with van der Waals surface area (Å²) in [7, 11) is 2.12. The van der Waals surface area contributed by atoms with Crippen LogP contribution in [0.1, 0.15) is 12.5 Å². The van der Waals surface area contributed by atoms with Crippen molar-refractivity contribution < 1.29 is 13.2 Å². The van der Waals surface area contributed by atoms with E-state index in [1.807, 2.05) is 62.1 Å². The van der Waals surface area contributed by atoms with Gasteiger partial charge in [-0.15, -0.1) is 0 Å². The van der Waals surface area contributed by atoms with E-state index in [0.29, 0.717) is 12.2 Å². The minimum absolute atomic E-state index is 0.00633. The number of rotatable bonds is 7. The molecule has 146 valence electrons. The fraction of sp³-hybridized carbons (Fsp3) is 0.316. The van der Waals surface area contributed by atoms with E-state index in [1.54, 1.807) is 0 Å². The van der Waals surface area contributed by atoms with E-state index in [9.17, 15) is 13.2 Å². The first kappa shape index (κ1) is 20.9. The van der Waals surface area contributed by atoms with Gasteiger partial charge in [0, 0.05) is 32.0 Å². The van der Waals surface area contributed by atoms with Gasteiger partial charge in [0.25, 0.3) is 0 Å². The number of carbonyl (C=O) groups is 1. The number of sulfonamides is 1. The van der Waals surface area contributed by atoms with Crippen LogP contribution in [-0.2, 0) is 21.4 Å². The molecule has 2 aromatic rings. The topological polar surface area (TPSA) is 95.7 Å². The molecular formula is C19H26N4O3S. The Morgan fingerprint density at radius 2 is 1.59 bits per heavy atom. The summed E-state index contributed by atoms with van der Waals surface area (Å²) in [4.78, 5) is 16.4. The SMILES string of the molecule is C[C@H](C(=O)Nc1ccc(S(N)(=O)=O)cc1)N(C)Cc1ccc(N(C)C)cc1. The van der Waals surface area contributed by atoms with Crippen molar-refractivity contribution in [2.75, 3.05) is 31.4 Å². The molecule has 0 aliphatic rings. The molecular weight excluding hydrogens is 364 g/mol. The minimum atomic E-state index is -3.74. The molecule has 0 heterocycles. The zero-order valence-electron chi connectivity index (χ0n) is 16.0. The van der Waals surface area contributed by atoms with Gasteiger partial charge in [-0.05, 0) is 55.9 Å². The first-order valence-corrected chi connectivity index (χ1v) is 10.0. The smallest absolute Gasteiger partial charge is 0.241 e. The normalized spacial score (nSPS) is 12.7. The van der Waals surface area contributed by atoms with Crippen molar-refractivity contribution in [3.8, 4) is 0 Å². The maximum Gasteiger partial charge on any atom is 0.241 e. The molecule has 7 nitrogen and oxygen atoms in total. The summed E-state index contributed by atoms with van der Waals surface area (Å²) in [5.41, 5.74) is 2.75. The summed E-state index contributed by atoms with van der Waals surface area (Å²) >= 11 is 0. The lowest BCUT2D eigenvalue weighted by Crippen LogP contribution is -2.39. The Bertz CT molecular complexity index is 878. The summed E-state index contributed by atoms with van der Waals surface area (Å²) in [6, 6.07) is 13.6. The Kier molecular flexibility index (Phi) is 6.59. The second kappa shape index (κ2) is 8.51. The van der Waals surface area contributed by atoms with Gasteiger partial charge in [-0.1, -0.05) is 12.1 Å². The van der Waals surface area contributed by atoms with Crippen LogP contribution in [0.3, 0.4) is 0 Å². The third-order valence-electron chi connectivity index (χ3n) is 4.38. The van der Waals surface area contributed by atoms with Crippen molar-refractivity contribution in [2.24, 2.45) is 5.14 Å². The molecule has 0 spiro atoms. The molecule has 2 aromatic carbocycles. The summed E-state index contributed by atoms with van der Waals surface area (Å²) in [6.07, 6.45) is 0. The van der Waals surface area contributed by atoms with E-state index in [0.717, 1.165) is 11.3 Å². The van der Waals surface area contributed by atoms with E-state index >= 15 is 0 Å². The van der Waals surface area contributed by atoms with E-state index in [1.165, 1.54) is 24.3 Å². The van der Waals surface area contributed by atoms with Crippen molar-refractivity contribution in [1.29, 1.82) is 0 Å². The lowest BCUT2D eigenvalue weighted by molar-refractivity contribution is -0.120. The van der Waals surface area contributed by atoms with E-state index in [2.05, 4.69) is 5.32 Å². The number of hydrogen-bond donors (Lipinski definition) is 2. The number of likely N-dealkylation sites (N-methyl/N-ethyl adjacent to an activating group) is 1. The number of amides is 1. The van der Waals surface area contributed by atoms with Gasteiger partial charge in [0.15, 0.2) is 0 Å². The molecule has 0 saturated carbocycles. The second-order valence-corrected chi connectivity index (χ2v) is 8.27. The molecule has 0 aliphatic carbocycles. The van der Waals surface area contributed by atoms with Crippen LogP contribution >= 0.6 is 0 Å². The number of nitrogens with zero attached hydrogens (tertiary/aromatic N) is 2. The highest BCUT2D eigenvalue weighted by Gasteiger charge is 2.18. The molecule has 2 rings (SSSR count). The molecule has 8 heteroatoms. The summed E-state index contributed by atoms with van der Waals surface area (Å²) in [6.45, 7) is 2.45. The predicted molar refractivity (Wildman–Crippen MR) is 108 cm³/mol. The van der Waals surface area contributed by atoms with E-state index in [4.69, 9.17) is 5.14 Å². The van der Waals surface area contributed by atoms with Gasteiger partial charge >= 0.3 is 0 Å². The van der Waals surface area contributed by atoms with Crippen LogP contribution in [0.25, 0.3) is 0 Å². The Morgan fingerprint density at radius 3 is 2.07 bits per heavy atom. The molecule has 0 unspecified atom stereocenters. The van der Waals surface area contributed by atoms with Crippen molar-refractivity contribution in [3.63, 3.8) is 0 Å². The molecule has 0 radical (unpaired) electrons. The highest BCUT2D eigenvalue weighted by Crippen LogP contribution is 2.16. The quantitative estimate of drug-likeness (QED) is 0.752. The predicted octanol–water partition coefficient (Wildman–Crippen LogP) is 1.86. The van der Waals surface area contributed by atoms with Gasteiger partial charge in [0.05, 0.1) is 10.9 Å². The van der Waals surface area contributed by atoms with Crippen LogP contribution in [0.4, 0.5) is 11.4 Å². The molecule has 1 atom stereocenters. The first-order chi connectivity index (χ1) is 12.6. The first-order valence-electron chi connectivity index (χ1n) is 8.48. The number of primary sulfonamides is 1. The van der Waals surface area contributed by atoms with Crippen LogP contribution in [0.15, 0.2) is 53.4 Å². The Labute approximate surface area is 160 Å². The zero-order valence-corrected chi connectivity index (χ0v) is 16.8. The molecule has 0 saturated heterocycles. The molecule has 0 bridgehead atoms. The standard InChI is InChI=1S/C19H26N4O3S/c1-14(23(4)13-15-5-9-17(10-6-15)22(2)3)19(24)21-16-7-11-18(12-8-16)27(20,25)26/h5-12,14H,13H2,1-4H3,(H,21,24)(H2,20,25,26)/t14-/m1/s1. The van der Waals surface area contributed by atoms with Gasteiger partial charge in [-0.25, -0.2) is 13.6 Å². The number of nitrogens with one attached hydrogen (secondary N) is 1. The molecule has 0 aliphatic heterocycles. The van der Waals surface area contributed by atoms with Crippen molar-refractivity contribution >= 4 is 27.3 Å². The molecule has 27 heavy (non-hydrogen) atoms. The van der Waals surface area contributed by atoms with Gasteiger partial charge < -0.3 is 10.2 Å². The van der Waals surface area contributed by atoms with Crippen molar-refractivity contribution in [3.05, 3.63) is 54.1 Å². The highest BCUT2D eigenvalue weighted by atomic mass is 32.2. The van der Waals surface area contributed by atoms with Gasteiger partial charge in [0.2, 0.25) is 15.9 Å². The largest absolute Gasteiger partial charge is 0.378 e. The van der Waals surface area contributed by atoms with Gasteiger partial charge in [0.1, 0.15) is 0 Å². The van der Waals surface area contributed by atoms with Crippen LogP contribution in [-0.4, -0.2) is 46.4 Å². The summed E-state index contributed by atoms with van der Waals surface area (Å²) < 4.78 is 22.6. The van der Waals surface area contributed by atoms with E-state index in [-0.39, 0.29) is 16.8 Å². The monoisotopic (exact) mass is 390 g/mol. The number of anilines is 2. The average Bonchev–Trinajstić information content (AvgIpc) is 2.61. The number of nitrogens with two attached hydrogens (primary N) is 1. The lowest BCUT2D eigenvalue weighted by Gasteiger charge is -2.24. The third-order valence-corrected chi connectivity index (χ3v) is 5.30. The molecule has 1 amide bonds. The van der Waals surface area contributed by atoms with Crippen LogP contribution in [0, 0.1) is 0 Å².